The van der Waals surface area contributed by atoms with Gasteiger partial charge in [0.2, 0.25) is 0 Å². The fourth-order valence-electron chi connectivity index (χ4n) is 4.09. The zero-order valence-electron chi connectivity index (χ0n) is 19.5. The normalized spacial score (nSPS) is 17.1. The first-order valence-corrected chi connectivity index (χ1v) is 11.6. The van der Waals surface area contributed by atoms with Gasteiger partial charge in [-0.05, 0) is 60.0 Å². The summed E-state index contributed by atoms with van der Waals surface area (Å²) in [7, 11) is 1.52. The van der Waals surface area contributed by atoms with E-state index in [-0.39, 0.29) is 24.5 Å². The molecule has 4 rings (SSSR count). The second kappa shape index (κ2) is 10.8. The predicted octanol–water partition coefficient (Wildman–Crippen LogP) is 5.30. The van der Waals surface area contributed by atoms with Gasteiger partial charge in [-0.25, -0.2) is 0 Å². The number of carbonyl (C=O) groups is 2. The van der Waals surface area contributed by atoms with Gasteiger partial charge in [0.05, 0.1) is 18.2 Å². The van der Waals surface area contributed by atoms with Crippen molar-refractivity contribution in [3.63, 3.8) is 0 Å². The number of hydrogen-bond acceptors (Lipinski definition) is 5. The van der Waals surface area contributed by atoms with Gasteiger partial charge in [-0.15, -0.1) is 0 Å². The lowest BCUT2D eigenvalue weighted by Gasteiger charge is -2.25. The van der Waals surface area contributed by atoms with Crippen LogP contribution >= 0.6 is 11.6 Å². The second-order valence-electron chi connectivity index (χ2n) is 8.28. The number of ketones is 1. The van der Waals surface area contributed by atoms with E-state index < -0.39 is 17.7 Å². The minimum atomic E-state index is -0.751. The Bertz CT molecular complexity index is 1250. The van der Waals surface area contributed by atoms with Crippen molar-refractivity contribution < 1.29 is 24.2 Å². The number of aryl methyl sites for hydroxylation is 1. The molecule has 1 atom stereocenters. The predicted molar refractivity (Wildman–Crippen MR) is 134 cm³/mol. The Hall–Kier alpha value is -3.61. The summed E-state index contributed by atoms with van der Waals surface area (Å²) < 4.78 is 11.0. The number of rotatable bonds is 8. The number of hydrogen-bond donors (Lipinski definition) is 1. The number of ether oxygens (including phenoxy) is 2. The molecule has 35 heavy (non-hydrogen) atoms. The van der Waals surface area contributed by atoms with E-state index >= 15 is 0 Å². The molecule has 1 aliphatic rings. The summed E-state index contributed by atoms with van der Waals surface area (Å²) in [6.45, 7) is 2.90. The molecule has 1 amide bonds. The number of Topliss-reactive ketones (excluding diaryl/α,β-unsaturated/α-hetero) is 1. The largest absolute Gasteiger partial charge is 0.507 e. The molecular weight excluding hydrogens is 466 g/mol. The number of halogens is 1. The van der Waals surface area contributed by atoms with Crippen LogP contribution in [-0.4, -0.2) is 42.0 Å². The number of benzene rings is 3. The van der Waals surface area contributed by atoms with Crippen LogP contribution in [0.4, 0.5) is 0 Å². The minimum absolute atomic E-state index is 0.0296. The molecule has 6 nitrogen and oxygen atoms in total. The lowest BCUT2D eigenvalue weighted by atomic mass is 9.95. The van der Waals surface area contributed by atoms with E-state index in [4.69, 9.17) is 21.1 Å². The molecule has 1 unspecified atom stereocenters. The third kappa shape index (κ3) is 5.24. The van der Waals surface area contributed by atoms with E-state index in [9.17, 15) is 14.7 Å². The Balaban J connectivity index is 1.64. The van der Waals surface area contributed by atoms with Crippen LogP contribution in [0, 0.1) is 6.92 Å². The molecule has 7 heteroatoms. The van der Waals surface area contributed by atoms with Crippen LogP contribution in [0.25, 0.3) is 5.76 Å². The van der Waals surface area contributed by atoms with Crippen LogP contribution in [0.1, 0.15) is 28.3 Å². The zero-order valence-corrected chi connectivity index (χ0v) is 20.3. The maximum absolute atomic E-state index is 13.0. The smallest absolute Gasteiger partial charge is 0.295 e. The average molecular weight is 492 g/mol. The van der Waals surface area contributed by atoms with Gasteiger partial charge < -0.3 is 19.5 Å². The summed E-state index contributed by atoms with van der Waals surface area (Å²) in [4.78, 5) is 27.3. The topological polar surface area (TPSA) is 76.1 Å². The summed E-state index contributed by atoms with van der Waals surface area (Å²) in [5.41, 5.74) is 3.34. The van der Waals surface area contributed by atoms with Crippen molar-refractivity contribution in [2.75, 3.05) is 20.3 Å². The molecule has 1 saturated heterocycles. The number of nitrogens with zero attached hydrogens (tertiary/aromatic N) is 1. The first-order valence-electron chi connectivity index (χ1n) is 11.2. The first-order chi connectivity index (χ1) is 16.9. The van der Waals surface area contributed by atoms with Gasteiger partial charge in [0.25, 0.3) is 11.7 Å². The molecular formula is C28H26ClNO5. The molecule has 0 spiro atoms. The van der Waals surface area contributed by atoms with Crippen molar-refractivity contribution in [1.82, 2.24) is 4.90 Å². The lowest BCUT2D eigenvalue weighted by Crippen LogP contribution is -2.32. The van der Waals surface area contributed by atoms with Crippen molar-refractivity contribution >= 4 is 29.1 Å². The number of carbonyl (C=O) groups excluding carboxylic acids is 2. The van der Waals surface area contributed by atoms with E-state index in [1.165, 1.54) is 12.0 Å². The quantitative estimate of drug-likeness (QED) is 0.263. The summed E-state index contributed by atoms with van der Waals surface area (Å²) in [6.07, 6.45) is 0. The number of aliphatic hydroxyl groups excluding tert-OH is 1. The standard InChI is InChI=1S/C28H26ClNO5/c1-18-5-3-4-6-21(18)17-35-23-13-9-20(10-14-23)26(31)24-25(19-7-11-22(29)12-8-19)30(15-16-34-2)28(33)27(24)32/h3-14,25,31H,15-17H2,1-2H3. The van der Waals surface area contributed by atoms with Crippen molar-refractivity contribution in [2.45, 2.75) is 19.6 Å². The van der Waals surface area contributed by atoms with Crippen molar-refractivity contribution in [3.05, 3.63) is 106 Å². The third-order valence-electron chi connectivity index (χ3n) is 6.05. The highest BCUT2D eigenvalue weighted by Gasteiger charge is 2.45. The molecule has 0 radical (unpaired) electrons. The Morgan fingerprint density at radius 1 is 1.00 bits per heavy atom. The molecule has 0 aliphatic carbocycles. The van der Waals surface area contributed by atoms with Gasteiger partial charge in [0, 0.05) is 24.2 Å². The maximum atomic E-state index is 13.0. The summed E-state index contributed by atoms with van der Waals surface area (Å²) in [6, 6.07) is 20.9. The van der Waals surface area contributed by atoms with Gasteiger partial charge in [-0.2, -0.15) is 0 Å². The van der Waals surface area contributed by atoms with Crippen LogP contribution in [0.15, 0.2) is 78.4 Å². The number of aliphatic hydroxyl groups is 1. The first kappa shape index (κ1) is 24.5. The van der Waals surface area contributed by atoms with E-state index in [2.05, 4.69) is 0 Å². The molecule has 1 heterocycles. The van der Waals surface area contributed by atoms with Crippen LogP contribution in [0.2, 0.25) is 5.02 Å². The highest BCUT2D eigenvalue weighted by atomic mass is 35.5. The fourth-order valence-corrected chi connectivity index (χ4v) is 4.22. The van der Waals surface area contributed by atoms with Gasteiger partial charge in [-0.3, -0.25) is 9.59 Å². The molecule has 1 aliphatic heterocycles. The molecule has 0 bridgehead atoms. The minimum Gasteiger partial charge on any atom is -0.507 e. The van der Waals surface area contributed by atoms with Crippen molar-refractivity contribution in [3.8, 4) is 5.75 Å². The molecule has 3 aromatic rings. The SMILES string of the molecule is COCCN1C(=O)C(=O)C(=C(O)c2ccc(OCc3ccccc3C)cc2)C1c1ccc(Cl)cc1. The molecule has 180 valence electrons. The number of likely N-dealkylation sites (tertiary alicyclic amines) is 1. The monoisotopic (exact) mass is 491 g/mol. The molecule has 1 N–H and O–H groups in total. The Kier molecular flexibility index (Phi) is 7.54. The summed E-state index contributed by atoms with van der Waals surface area (Å²) in [5, 5.41) is 11.7. The Labute approximate surface area is 209 Å². The van der Waals surface area contributed by atoms with Gasteiger partial charge in [0.1, 0.15) is 18.1 Å². The van der Waals surface area contributed by atoms with Crippen LogP contribution in [-0.2, 0) is 20.9 Å². The Morgan fingerprint density at radius 3 is 2.34 bits per heavy atom. The zero-order chi connectivity index (χ0) is 24.9. The van der Waals surface area contributed by atoms with Crippen molar-refractivity contribution in [2.24, 2.45) is 0 Å². The van der Waals surface area contributed by atoms with E-state index in [0.717, 1.165) is 11.1 Å². The highest BCUT2D eigenvalue weighted by Crippen LogP contribution is 2.39. The second-order valence-corrected chi connectivity index (χ2v) is 8.71. The van der Waals surface area contributed by atoms with Gasteiger partial charge in [0.15, 0.2) is 0 Å². The molecule has 0 aromatic heterocycles. The van der Waals surface area contributed by atoms with Gasteiger partial charge in [-0.1, -0.05) is 48.0 Å². The van der Waals surface area contributed by atoms with Crippen LogP contribution in [0.3, 0.4) is 0 Å². The van der Waals surface area contributed by atoms with Gasteiger partial charge >= 0.3 is 0 Å². The third-order valence-corrected chi connectivity index (χ3v) is 6.30. The van der Waals surface area contributed by atoms with Crippen molar-refractivity contribution in [1.29, 1.82) is 0 Å². The number of amides is 1. The van der Waals surface area contributed by atoms with E-state index in [1.54, 1.807) is 48.5 Å². The fraction of sp³-hybridized carbons (Fsp3) is 0.214. The maximum Gasteiger partial charge on any atom is 0.295 e. The number of methoxy groups -OCH3 is 1. The average Bonchev–Trinajstić information content (AvgIpc) is 3.12. The van der Waals surface area contributed by atoms with Crippen LogP contribution < -0.4 is 4.74 Å². The van der Waals surface area contributed by atoms with E-state index in [0.29, 0.717) is 28.5 Å². The highest BCUT2D eigenvalue weighted by molar-refractivity contribution is 6.46. The summed E-state index contributed by atoms with van der Waals surface area (Å²) in [5.74, 6) is -1.03. The summed E-state index contributed by atoms with van der Waals surface area (Å²) >= 11 is 6.04. The van der Waals surface area contributed by atoms with E-state index in [1.807, 2.05) is 31.2 Å². The Morgan fingerprint density at radius 2 is 1.69 bits per heavy atom. The molecule has 1 fully saturated rings. The molecule has 0 saturated carbocycles. The molecule has 3 aromatic carbocycles. The lowest BCUT2D eigenvalue weighted by molar-refractivity contribution is -0.140. The van der Waals surface area contributed by atoms with Crippen LogP contribution in [0.5, 0.6) is 5.75 Å².